The molecule has 1 aliphatic heterocycles. The molecule has 0 spiro atoms. The first-order chi connectivity index (χ1) is 13.6. The minimum Gasteiger partial charge on any atom is -0.497 e. The number of hydrogen-bond acceptors (Lipinski definition) is 7. The molecule has 0 saturated carbocycles. The summed E-state index contributed by atoms with van der Waals surface area (Å²) in [7, 11) is 1.60. The number of amides is 1. The van der Waals surface area contributed by atoms with Crippen molar-refractivity contribution in [2.24, 2.45) is 5.92 Å². The van der Waals surface area contributed by atoms with E-state index < -0.39 is 0 Å². The van der Waals surface area contributed by atoms with Crippen LogP contribution in [-0.2, 0) is 16.1 Å². The highest BCUT2D eigenvalue weighted by Gasteiger charge is 2.30. The third-order valence-electron chi connectivity index (χ3n) is 4.50. The fraction of sp³-hybridized carbons (Fsp3) is 0.450. The van der Waals surface area contributed by atoms with Gasteiger partial charge in [0.25, 0.3) is 5.91 Å². The van der Waals surface area contributed by atoms with Crippen molar-refractivity contribution in [1.29, 1.82) is 0 Å². The first-order valence-electron chi connectivity index (χ1n) is 9.28. The zero-order valence-electron chi connectivity index (χ0n) is 16.1. The Labute approximate surface area is 168 Å². The van der Waals surface area contributed by atoms with Gasteiger partial charge < -0.3 is 19.1 Å². The largest absolute Gasteiger partial charge is 0.497 e. The summed E-state index contributed by atoms with van der Waals surface area (Å²) in [4.78, 5) is 30.8. The van der Waals surface area contributed by atoms with Gasteiger partial charge in [0.2, 0.25) is 0 Å². The number of hydrogen-bond donors (Lipinski definition) is 0. The summed E-state index contributed by atoms with van der Waals surface area (Å²) < 4.78 is 16.0. The quantitative estimate of drug-likeness (QED) is 0.660. The molecule has 0 aliphatic carbocycles. The Morgan fingerprint density at radius 2 is 2.14 bits per heavy atom. The second-order valence-electron chi connectivity index (χ2n) is 6.44. The summed E-state index contributed by atoms with van der Waals surface area (Å²) in [6.45, 7) is 3.42. The predicted octanol–water partition coefficient (Wildman–Crippen LogP) is 3.15. The van der Waals surface area contributed by atoms with Crippen LogP contribution in [0.3, 0.4) is 0 Å². The monoisotopic (exact) mass is 404 g/mol. The Hall–Kier alpha value is -2.61. The van der Waals surface area contributed by atoms with E-state index in [1.807, 2.05) is 18.2 Å². The van der Waals surface area contributed by atoms with Crippen LogP contribution in [-0.4, -0.2) is 48.6 Å². The summed E-state index contributed by atoms with van der Waals surface area (Å²) in [5.41, 5.74) is 0.388. The van der Waals surface area contributed by atoms with E-state index in [2.05, 4.69) is 4.98 Å². The van der Waals surface area contributed by atoms with Crippen LogP contribution < -0.4 is 9.47 Å². The van der Waals surface area contributed by atoms with E-state index in [1.165, 1.54) is 11.3 Å². The van der Waals surface area contributed by atoms with Gasteiger partial charge in [-0.15, -0.1) is 11.3 Å². The smallest absolute Gasteiger partial charge is 0.310 e. The maximum atomic E-state index is 12.8. The number of methoxy groups -OCH3 is 1. The zero-order chi connectivity index (χ0) is 19.9. The fourth-order valence-corrected chi connectivity index (χ4v) is 3.77. The van der Waals surface area contributed by atoms with Crippen molar-refractivity contribution >= 4 is 23.2 Å². The molecule has 8 heteroatoms. The van der Waals surface area contributed by atoms with Crippen molar-refractivity contribution in [2.75, 3.05) is 26.8 Å². The van der Waals surface area contributed by atoms with E-state index in [-0.39, 0.29) is 24.4 Å². The minimum absolute atomic E-state index is 0.155. The molecule has 0 radical (unpaired) electrons. The summed E-state index contributed by atoms with van der Waals surface area (Å²) in [6, 6.07) is 7.32. The highest BCUT2D eigenvalue weighted by molar-refractivity contribution is 7.09. The van der Waals surface area contributed by atoms with Crippen molar-refractivity contribution in [3.8, 4) is 11.5 Å². The third-order valence-corrected chi connectivity index (χ3v) is 5.33. The van der Waals surface area contributed by atoms with E-state index in [4.69, 9.17) is 14.2 Å². The Bertz CT molecular complexity index is 822. The molecule has 7 nitrogen and oxygen atoms in total. The number of piperidine rings is 1. The summed E-state index contributed by atoms with van der Waals surface area (Å²) in [6.07, 6.45) is 1.53. The van der Waals surface area contributed by atoms with Gasteiger partial charge in [-0.2, -0.15) is 0 Å². The number of likely N-dealkylation sites (tertiary alicyclic amines) is 1. The highest BCUT2D eigenvalue weighted by atomic mass is 32.1. The van der Waals surface area contributed by atoms with E-state index >= 15 is 0 Å². The highest BCUT2D eigenvalue weighted by Crippen LogP contribution is 2.23. The van der Waals surface area contributed by atoms with Crippen molar-refractivity contribution < 1.29 is 23.8 Å². The van der Waals surface area contributed by atoms with Crippen LogP contribution in [0.15, 0.2) is 29.6 Å². The number of ether oxygens (including phenoxy) is 3. The molecule has 1 aromatic carbocycles. The van der Waals surface area contributed by atoms with Crippen molar-refractivity contribution in [3.05, 3.63) is 40.3 Å². The van der Waals surface area contributed by atoms with E-state index in [0.717, 1.165) is 12.8 Å². The van der Waals surface area contributed by atoms with Crippen LogP contribution >= 0.6 is 11.3 Å². The molecule has 28 heavy (non-hydrogen) atoms. The molecule has 2 heterocycles. The summed E-state index contributed by atoms with van der Waals surface area (Å²) in [5, 5.41) is 2.45. The van der Waals surface area contributed by atoms with Crippen molar-refractivity contribution in [2.45, 2.75) is 26.4 Å². The van der Waals surface area contributed by atoms with Crippen LogP contribution in [0.1, 0.15) is 35.3 Å². The molecule has 0 N–H and O–H groups in total. The summed E-state index contributed by atoms with van der Waals surface area (Å²) in [5.74, 6) is 0.750. The van der Waals surface area contributed by atoms with Crippen molar-refractivity contribution in [3.63, 3.8) is 0 Å². The first kappa shape index (κ1) is 20.1. The van der Waals surface area contributed by atoms with E-state index in [9.17, 15) is 9.59 Å². The molecule has 1 saturated heterocycles. The molecular weight excluding hydrogens is 380 g/mol. The fourth-order valence-electron chi connectivity index (χ4n) is 3.09. The SMILES string of the molecule is CCOC(=O)[C@H]1CCCN(C(=O)c2csc(COc3cccc(OC)c3)n2)C1. The zero-order valence-corrected chi connectivity index (χ0v) is 16.9. The average Bonchev–Trinajstić information content (AvgIpc) is 3.21. The second-order valence-corrected chi connectivity index (χ2v) is 7.38. The molecular formula is C20H24N2O5S. The number of aromatic nitrogens is 1. The van der Waals surface area contributed by atoms with Crippen LogP contribution in [0.25, 0.3) is 0 Å². The summed E-state index contributed by atoms with van der Waals surface area (Å²) >= 11 is 1.38. The topological polar surface area (TPSA) is 78.0 Å². The van der Waals surface area contributed by atoms with Gasteiger partial charge in [-0.25, -0.2) is 4.98 Å². The number of thiazole rings is 1. The Balaban J connectivity index is 1.58. The lowest BCUT2D eigenvalue weighted by Gasteiger charge is -2.31. The van der Waals surface area contributed by atoms with Gasteiger partial charge in [-0.05, 0) is 31.9 Å². The van der Waals surface area contributed by atoms with Gasteiger partial charge in [0.15, 0.2) is 0 Å². The van der Waals surface area contributed by atoms with E-state index in [0.29, 0.717) is 41.9 Å². The Morgan fingerprint density at radius 3 is 2.93 bits per heavy atom. The lowest BCUT2D eigenvalue weighted by atomic mass is 9.98. The van der Waals surface area contributed by atoms with Gasteiger partial charge >= 0.3 is 5.97 Å². The normalized spacial score (nSPS) is 16.5. The van der Waals surface area contributed by atoms with Gasteiger partial charge in [0.1, 0.15) is 28.8 Å². The molecule has 0 unspecified atom stereocenters. The number of benzene rings is 1. The first-order valence-corrected chi connectivity index (χ1v) is 10.2. The Morgan fingerprint density at radius 1 is 1.32 bits per heavy atom. The number of carbonyl (C=O) groups excluding carboxylic acids is 2. The second kappa shape index (κ2) is 9.54. The molecule has 2 aromatic rings. The average molecular weight is 404 g/mol. The van der Waals surface area contributed by atoms with Gasteiger partial charge in [0.05, 0.1) is 19.6 Å². The Kier molecular flexibility index (Phi) is 6.86. The van der Waals surface area contributed by atoms with Gasteiger partial charge in [-0.1, -0.05) is 6.07 Å². The maximum absolute atomic E-state index is 12.8. The molecule has 1 amide bonds. The van der Waals surface area contributed by atoms with E-state index in [1.54, 1.807) is 30.4 Å². The van der Waals surface area contributed by atoms with Crippen molar-refractivity contribution in [1.82, 2.24) is 9.88 Å². The van der Waals surface area contributed by atoms with Crippen LogP contribution in [0, 0.1) is 5.92 Å². The number of esters is 1. The third kappa shape index (κ3) is 5.01. The maximum Gasteiger partial charge on any atom is 0.310 e. The number of rotatable bonds is 7. The lowest BCUT2D eigenvalue weighted by molar-refractivity contribution is -0.149. The molecule has 1 atom stereocenters. The van der Waals surface area contributed by atoms with Crippen LogP contribution in [0.5, 0.6) is 11.5 Å². The molecule has 1 aromatic heterocycles. The van der Waals surface area contributed by atoms with Gasteiger partial charge in [-0.3, -0.25) is 9.59 Å². The molecule has 150 valence electrons. The predicted molar refractivity (Wildman–Crippen MR) is 105 cm³/mol. The van der Waals surface area contributed by atoms with Crippen LogP contribution in [0.2, 0.25) is 0 Å². The van der Waals surface area contributed by atoms with Gasteiger partial charge in [0, 0.05) is 24.5 Å². The molecule has 3 rings (SSSR count). The number of carbonyl (C=O) groups is 2. The van der Waals surface area contributed by atoms with Crippen LogP contribution in [0.4, 0.5) is 0 Å². The lowest BCUT2D eigenvalue weighted by Crippen LogP contribution is -2.43. The molecule has 1 aliphatic rings. The molecule has 0 bridgehead atoms. The molecule has 1 fully saturated rings. The minimum atomic E-state index is -0.257. The standard InChI is InChI=1S/C20H24N2O5S/c1-3-26-20(24)14-6-5-9-22(11-14)19(23)17-13-28-18(21-17)12-27-16-8-4-7-15(10-16)25-2/h4,7-8,10,13-14H,3,5-6,9,11-12H2,1-2H3/t14-/m0/s1. The number of nitrogens with zero attached hydrogens (tertiary/aromatic N) is 2.